The summed E-state index contributed by atoms with van der Waals surface area (Å²) in [5.74, 6) is 0.604. The highest BCUT2D eigenvalue weighted by atomic mass is 16.5. The van der Waals surface area contributed by atoms with Crippen LogP contribution in [0.5, 0.6) is 0 Å². The first-order valence-electron chi connectivity index (χ1n) is 6.80. The van der Waals surface area contributed by atoms with Crippen molar-refractivity contribution in [1.82, 2.24) is 15.4 Å². The maximum Gasteiger partial charge on any atom is 0.322 e. The van der Waals surface area contributed by atoms with Gasteiger partial charge < -0.3 is 8.94 Å². The molecule has 0 radical (unpaired) electrons. The molecular weight excluding hydrogens is 260 g/mol. The van der Waals surface area contributed by atoms with Gasteiger partial charge in [0.1, 0.15) is 0 Å². The highest BCUT2D eigenvalue weighted by Gasteiger charge is 2.22. The van der Waals surface area contributed by atoms with Gasteiger partial charge in [-0.1, -0.05) is 29.5 Å². The lowest BCUT2D eigenvalue weighted by atomic mass is 9.89. The second-order valence-corrected chi connectivity index (χ2v) is 5.07. The van der Waals surface area contributed by atoms with E-state index in [4.69, 9.17) is 8.94 Å². The molecule has 0 bridgehead atoms. The van der Waals surface area contributed by atoms with E-state index in [0.717, 1.165) is 12.8 Å². The molecule has 7 nitrogen and oxygen atoms in total. The Bertz CT molecular complexity index is 598. The Morgan fingerprint density at radius 2 is 2.10 bits per heavy atom. The maximum atomic E-state index is 11.8. The topological polar surface area (TPSA) is 94.1 Å². The van der Waals surface area contributed by atoms with Crippen LogP contribution in [0.4, 0.5) is 6.01 Å². The lowest BCUT2D eigenvalue weighted by Gasteiger charge is -2.17. The molecule has 2 aromatic heterocycles. The number of hydrogen-bond donors (Lipinski definition) is 1. The largest absolute Gasteiger partial charge is 0.408 e. The van der Waals surface area contributed by atoms with Crippen LogP contribution in [0.1, 0.15) is 60.2 Å². The minimum absolute atomic E-state index is 0.102. The summed E-state index contributed by atoms with van der Waals surface area (Å²) in [5.41, 5.74) is 0.642. The average Bonchev–Trinajstić information content (AvgIpc) is 3.09. The molecule has 1 saturated carbocycles. The summed E-state index contributed by atoms with van der Waals surface area (Å²) in [6.07, 6.45) is 5.77. The first-order chi connectivity index (χ1) is 9.72. The van der Waals surface area contributed by atoms with Crippen LogP contribution in [-0.2, 0) is 0 Å². The zero-order valence-electron chi connectivity index (χ0n) is 11.3. The lowest BCUT2D eigenvalue weighted by molar-refractivity contribution is 0.0984. The molecule has 106 valence electrons. The fourth-order valence-electron chi connectivity index (χ4n) is 2.43. The maximum absolute atomic E-state index is 11.8. The van der Waals surface area contributed by atoms with Crippen molar-refractivity contribution >= 4 is 11.9 Å². The number of carbonyl (C=O) groups excluding carboxylic acids is 1. The number of anilines is 1. The summed E-state index contributed by atoms with van der Waals surface area (Å²) in [6, 6.07) is 1.65. The first kappa shape index (κ1) is 12.8. The van der Waals surface area contributed by atoms with Gasteiger partial charge in [0.15, 0.2) is 0 Å². The van der Waals surface area contributed by atoms with Gasteiger partial charge in [-0.05, 0) is 19.8 Å². The molecule has 1 fully saturated rings. The van der Waals surface area contributed by atoms with Gasteiger partial charge >= 0.3 is 6.01 Å². The Labute approximate surface area is 115 Å². The van der Waals surface area contributed by atoms with Crippen LogP contribution >= 0.6 is 0 Å². The highest BCUT2D eigenvalue weighted by molar-refractivity contribution is 6.00. The minimum atomic E-state index is -0.440. The smallest absolute Gasteiger partial charge is 0.322 e. The Kier molecular flexibility index (Phi) is 3.49. The summed E-state index contributed by atoms with van der Waals surface area (Å²) in [6.45, 7) is 1.74. The summed E-state index contributed by atoms with van der Waals surface area (Å²) in [5, 5.41) is 14.0. The molecular formula is C13H16N4O3. The average molecular weight is 276 g/mol. The molecule has 20 heavy (non-hydrogen) atoms. The Hall–Kier alpha value is -2.18. The first-order valence-corrected chi connectivity index (χ1v) is 6.80. The summed E-state index contributed by atoms with van der Waals surface area (Å²) >= 11 is 0. The van der Waals surface area contributed by atoms with Crippen molar-refractivity contribution in [3.05, 3.63) is 23.4 Å². The third-order valence-corrected chi connectivity index (χ3v) is 3.47. The van der Waals surface area contributed by atoms with Crippen LogP contribution in [-0.4, -0.2) is 21.3 Å². The van der Waals surface area contributed by atoms with E-state index in [-0.39, 0.29) is 11.8 Å². The second kappa shape index (κ2) is 5.44. The van der Waals surface area contributed by atoms with Gasteiger partial charge in [-0.2, -0.15) is 0 Å². The van der Waals surface area contributed by atoms with Gasteiger partial charge in [-0.15, -0.1) is 5.10 Å². The van der Waals surface area contributed by atoms with Crippen LogP contribution in [0.2, 0.25) is 0 Å². The molecule has 0 spiro atoms. The van der Waals surface area contributed by atoms with Crippen molar-refractivity contribution in [2.75, 3.05) is 5.32 Å². The van der Waals surface area contributed by atoms with Crippen LogP contribution in [0.15, 0.2) is 15.0 Å². The monoisotopic (exact) mass is 276 g/mol. The van der Waals surface area contributed by atoms with E-state index in [9.17, 15) is 4.79 Å². The normalized spacial score (nSPS) is 16.2. The minimum Gasteiger partial charge on any atom is -0.408 e. The predicted molar refractivity (Wildman–Crippen MR) is 69.3 cm³/mol. The number of aromatic nitrogens is 3. The van der Waals surface area contributed by atoms with Crippen molar-refractivity contribution in [3.63, 3.8) is 0 Å². The number of nitrogens with zero attached hydrogens (tertiary/aromatic N) is 3. The molecule has 0 aliphatic heterocycles. The molecule has 2 aromatic rings. The molecule has 0 saturated heterocycles. The third kappa shape index (κ3) is 2.71. The van der Waals surface area contributed by atoms with Crippen molar-refractivity contribution < 1.29 is 13.7 Å². The summed E-state index contributed by atoms with van der Waals surface area (Å²) < 4.78 is 10.4. The fourth-order valence-corrected chi connectivity index (χ4v) is 2.43. The van der Waals surface area contributed by atoms with E-state index in [1.165, 1.54) is 19.3 Å². The van der Waals surface area contributed by atoms with Crippen LogP contribution < -0.4 is 5.32 Å². The van der Waals surface area contributed by atoms with E-state index >= 15 is 0 Å². The molecule has 1 amide bonds. The fraction of sp³-hybridized carbons (Fsp3) is 0.538. The van der Waals surface area contributed by atoms with E-state index in [0.29, 0.717) is 17.5 Å². The number of amides is 1. The van der Waals surface area contributed by atoms with Crippen molar-refractivity contribution in [3.8, 4) is 0 Å². The van der Waals surface area contributed by atoms with Crippen LogP contribution in [0.25, 0.3) is 0 Å². The Morgan fingerprint density at radius 1 is 1.30 bits per heavy atom. The molecule has 1 aliphatic carbocycles. The van der Waals surface area contributed by atoms with Crippen molar-refractivity contribution in [2.45, 2.75) is 44.9 Å². The van der Waals surface area contributed by atoms with Gasteiger partial charge in [0.05, 0.1) is 5.69 Å². The quantitative estimate of drug-likeness (QED) is 0.926. The van der Waals surface area contributed by atoms with Gasteiger partial charge in [0.25, 0.3) is 5.91 Å². The van der Waals surface area contributed by atoms with E-state index in [2.05, 4.69) is 20.7 Å². The molecule has 1 N–H and O–H groups in total. The molecule has 0 atom stereocenters. The third-order valence-electron chi connectivity index (χ3n) is 3.47. The second-order valence-electron chi connectivity index (χ2n) is 5.07. The zero-order chi connectivity index (χ0) is 13.9. The van der Waals surface area contributed by atoms with Gasteiger partial charge in [-0.25, -0.2) is 0 Å². The van der Waals surface area contributed by atoms with Crippen LogP contribution in [0.3, 0.4) is 0 Å². The lowest BCUT2D eigenvalue weighted by Crippen LogP contribution is -2.11. The van der Waals surface area contributed by atoms with Gasteiger partial charge in [0, 0.05) is 12.0 Å². The van der Waals surface area contributed by atoms with E-state index in [1.807, 2.05) is 0 Å². The number of nitrogens with one attached hydrogen (secondary N) is 1. The number of hydrogen-bond acceptors (Lipinski definition) is 6. The summed E-state index contributed by atoms with van der Waals surface area (Å²) in [7, 11) is 0. The SMILES string of the molecule is Cc1cc(C(=O)Nc2nnc(C3CCCCC3)o2)on1. The Balaban J connectivity index is 1.66. The van der Waals surface area contributed by atoms with Crippen molar-refractivity contribution in [1.29, 1.82) is 0 Å². The molecule has 1 aliphatic rings. The van der Waals surface area contributed by atoms with Crippen LogP contribution in [0, 0.1) is 6.92 Å². The number of aryl methyl sites for hydroxylation is 1. The Morgan fingerprint density at radius 3 is 2.80 bits per heavy atom. The summed E-state index contributed by atoms with van der Waals surface area (Å²) in [4.78, 5) is 11.8. The molecule has 7 heteroatoms. The van der Waals surface area contributed by atoms with E-state index < -0.39 is 5.91 Å². The molecule has 0 unspecified atom stereocenters. The molecule has 0 aromatic carbocycles. The molecule has 2 heterocycles. The highest BCUT2D eigenvalue weighted by Crippen LogP contribution is 2.32. The number of rotatable bonds is 3. The zero-order valence-corrected chi connectivity index (χ0v) is 11.3. The standard InChI is InChI=1S/C13H16N4O3/c1-8-7-10(20-17-8)11(18)14-13-16-15-12(19-13)9-5-3-2-4-6-9/h7,9H,2-6H2,1H3,(H,14,16,18). The molecule has 3 rings (SSSR count). The van der Waals surface area contributed by atoms with Gasteiger partial charge in [0.2, 0.25) is 11.7 Å². The number of carbonyl (C=O) groups is 1. The van der Waals surface area contributed by atoms with Crippen molar-refractivity contribution in [2.24, 2.45) is 0 Å². The van der Waals surface area contributed by atoms with Gasteiger partial charge in [-0.3, -0.25) is 10.1 Å². The van der Waals surface area contributed by atoms with E-state index in [1.54, 1.807) is 13.0 Å². The predicted octanol–water partition coefficient (Wildman–Crippen LogP) is 2.67.